The van der Waals surface area contributed by atoms with E-state index in [0.29, 0.717) is 25.1 Å². The number of rotatable bonds is 24. The molecule has 47 heavy (non-hydrogen) atoms. The average Bonchev–Trinajstić information content (AvgIpc) is 3.01. The second kappa shape index (κ2) is 23.4. The van der Waals surface area contributed by atoms with Crippen LogP contribution >= 0.6 is 37.0 Å². The van der Waals surface area contributed by atoms with E-state index < -0.39 is 71.3 Å². The van der Waals surface area contributed by atoms with E-state index in [2.05, 4.69) is 57.2 Å². The Balaban J connectivity index is 5.97. The van der Waals surface area contributed by atoms with Crippen molar-refractivity contribution in [3.63, 3.8) is 0 Å². The van der Waals surface area contributed by atoms with E-state index in [4.69, 9.17) is 22.6 Å². The standard InChI is InChI=1S/C27H52N10O7S3/c1-27(2,25(44)36-18(9-12-47-3)22(40)35-19(14-46)24(42)43)37-23(41)17(8-6-11-32-26(30)31)34-21(39)16(7-4-5-10-28)33-20(38)15(29)13-45/h15-19,45-46H,4-14,28-29H2,1-3H3,(H,33,38)(H,34,39)(H,35,40)(H,36,44)(H,37,41)(H,42,43)(H4,30,31,32)/t15-,16-,17-,18-,19-/m0/s1. The summed E-state index contributed by atoms with van der Waals surface area (Å²) >= 11 is 9.39. The van der Waals surface area contributed by atoms with E-state index in [9.17, 15) is 33.9 Å². The van der Waals surface area contributed by atoms with Gasteiger partial charge in [-0.3, -0.25) is 29.4 Å². The first-order valence-electron chi connectivity index (χ1n) is 15.1. The topological polar surface area (TPSA) is 297 Å². The molecule has 0 spiro atoms. The number of aliphatic carboxylic acids is 1. The number of guanidine groups is 1. The number of carbonyl (C=O) groups excluding carboxylic acids is 5. The van der Waals surface area contributed by atoms with Gasteiger partial charge in [0.05, 0.1) is 6.04 Å². The third-order valence-electron chi connectivity index (χ3n) is 6.76. The monoisotopic (exact) mass is 724 g/mol. The molecule has 5 atom stereocenters. The predicted octanol–water partition coefficient (Wildman–Crippen LogP) is -2.76. The van der Waals surface area contributed by atoms with Gasteiger partial charge in [-0.1, -0.05) is 0 Å². The van der Waals surface area contributed by atoms with Gasteiger partial charge in [0.25, 0.3) is 0 Å². The summed E-state index contributed by atoms with van der Waals surface area (Å²) in [5.74, 6) is -4.66. The van der Waals surface area contributed by atoms with E-state index in [1.807, 2.05) is 0 Å². The predicted molar refractivity (Wildman–Crippen MR) is 188 cm³/mol. The third kappa shape index (κ3) is 17.7. The largest absolute Gasteiger partial charge is 0.480 e. The van der Waals surface area contributed by atoms with Crippen molar-refractivity contribution in [1.82, 2.24) is 31.9 Å². The van der Waals surface area contributed by atoms with Crippen molar-refractivity contribution in [3.05, 3.63) is 0 Å². The van der Waals surface area contributed by atoms with Crippen molar-refractivity contribution in [1.29, 1.82) is 5.41 Å². The van der Waals surface area contributed by atoms with Crippen LogP contribution in [0.4, 0.5) is 0 Å². The number of nitrogens with two attached hydrogens (primary N) is 3. The zero-order valence-electron chi connectivity index (χ0n) is 27.1. The van der Waals surface area contributed by atoms with Gasteiger partial charge >= 0.3 is 5.97 Å². The molecule has 0 aliphatic heterocycles. The van der Waals surface area contributed by atoms with Crippen molar-refractivity contribution in [2.45, 2.75) is 88.1 Å². The maximum atomic E-state index is 13.6. The maximum absolute atomic E-state index is 13.6. The molecule has 0 unspecified atom stereocenters. The fourth-order valence-corrected chi connectivity index (χ4v) is 4.83. The molecule has 17 nitrogen and oxygen atoms in total. The molecular formula is C27H52N10O7S3. The van der Waals surface area contributed by atoms with Gasteiger partial charge in [-0.05, 0) is 70.9 Å². The van der Waals surface area contributed by atoms with Crippen molar-refractivity contribution in [2.75, 3.05) is 36.6 Å². The van der Waals surface area contributed by atoms with Crippen LogP contribution in [-0.4, -0.2) is 119 Å². The molecule has 0 heterocycles. The van der Waals surface area contributed by atoms with Crippen molar-refractivity contribution in [2.24, 2.45) is 17.2 Å². The average molecular weight is 725 g/mol. The molecule has 0 bridgehead atoms. The Hall–Kier alpha value is -2.94. The number of carboxylic acids is 1. The van der Waals surface area contributed by atoms with Crippen LogP contribution in [-0.2, 0) is 28.8 Å². The summed E-state index contributed by atoms with van der Waals surface area (Å²) in [5, 5.41) is 32.0. The van der Waals surface area contributed by atoms with Gasteiger partial charge in [-0.15, -0.1) is 0 Å². The van der Waals surface area contributed by atoms with Gasteiger partial charge in [0.1, 0.15) is 29.7 Å². The highest BCUT2D eigenvalue weighted by Crippen LogP contribution is 2.10. The summed E-state index contributed by atoms with van der Waals surface area (Å²) < 4.78 is 0. The molecular weight excluding hydrogens is 673 g/mol. The quantitative estimate of drug-likeness (QED) is 0.0209. The molecule has 0 aliphatic rings. The fraction of sp³-hybridized carbons (Fsp3) is 0.741. The van der Waals surface area contributed by atoms with Crippen molar-refractivity contribution in [3.8, 4) is 0 Å². The van der Waals surface area contributed by atoms with Gasteiger partial charge < -0.3 is 54.2 Å². The lowest BCUT2D eigenvalue weighted by Crippen LogP contribution is -2.63. The first kappa shape index (κ1) is 44.1. The number of carboxylic acid groups (broad SMARTS) is 1. The van der Waals surface area contributed by atoms with Gasteiger partial charge in [0.15, 0.2) is 5.96 Å². The van der Waals surface area contributed by atoms with E-state index in [-0.39, 0.29) is 49.7 Å². The van der Waals surface area contributed by atoms with Gasteiger partial charge in [-0.2, -0.15) is 37.0 Å². The SMILES string of the molecule is CSCC[C@H](NC(=O)C(C)(C)NC(=O)[C@H](CCCNC(=N)N)NC(=O)[C@H](CCCCN)NC(=O)[C@@H](N)CS)C(=O)N[C@@H](CS)C(=O)O. The molecule has 0 aliphatic carbocycles. The van der Waals surface area contributed by atoms with E-state index in [1.54, 1.807) is 6.26 Å². The van der Waals surface area contributed by atoms with Gasteiger partial charge in [0, 0.05) is 18.1 Å². The van der Waals surface area contributed by atoms with Crippen LogP contribution in [0, 0.1) is 5.41 Å². The minimum absolute atomic E-state index is 0.0451. The van der Waals surface area contributed by atoms with Gasteiger partial charge in [0.2, 0.25) is 29.5 Å². The van der Waals surface area contributed by atoms with Crippen LogP contribution in [0.2, 0.25) is 0 Å². The lowest BCUT2D eigenvalue weighted by Gasteiger charge is -2.31. The van der Waals surface area contributed by atoms with E-state index in [1.165, 1.54) is 25.6 Å². The van der Waals surface area contributed by atoms with Crippen LogP contribution < -0.4 is 49.1 Å². The number of carbonyl (C=O) groups is 6. The highest BCUT2D eigenvalue weighted by atomic mass is 32.2. The Labute approximate surface area is 290 Å². The van der Waals surface area contributed by atoms with Crippen LogP contribution in [0.25, 0.3) is 0 Å². The van der Waals surface area contributed by atoms with E-state index in [0.717, 1.165) is 0 Å². The lowest BCUT2D eigenvalue weighted by molar-refractivity contribution is -0.142. The Bertz CT molecular complexity index is 1070. The molecule has 270 valence electrons. The third-order valence-corrected chi connectivity index (χ3v) is 8.17. The van der Waals surface area contributed by atoms with Crippen LogP contribution in [0.1, 0.15) is 52.4 Å². The second-order valence-electron chi connectivity index (χ2n) is 11.2. The molecule has 0 aromatic rings. The second-order valence-corrected chi connectivity index (χ2v) is 12.9. The normalized spacial score (nSPS) is 14.4. The Morgan fingerprint density at radius 3 is 1.85 bits per heavy atom. The number of amides is 5. The van der Waals surface area contributed by atoms with Crippen LogP contribution in [0.15, 0.2) is 0 Å². The zero-order chi connectivity index (χ0) is 36.2. The zero-order valence-corrected chi connectivity index (χ0v) is 29.7. The number of hydrogen-bond donors (Lipinski definition) is 13. The molecule has 0 aromatic heterocycles. The number of unbranched alkanes of at least 4 members (excludes halogenated alkanes) is 1. The Kier molecular flexibility index (Phi) is 21.9. The number of hydrogen-bond acceptors (Lipinski definition) is 12. The molecule has 0 saturated heterocycles. The summed E-state index contributed by atoms with van der Waals surface area (Å²) in [4.78, 5) is 77.0. The molecule has 0 rings (SSSR count). The minimum Gasteiger partial charge on any atom is -0.480 e. The Morgan fingerprint density at radius 2 is 1.34 bits per heavy atom. The molecule has 0 radical (unpaired) electrons. The smallest absolute Gasteiger partial charge is 0.327 e. The van der Waals surface area contributed by atoms with E-state index >= 15 is 0 Å². The maximum Gasteiger partial charge on any atom is 0.327 e. The lowest BCUT2D eigenvalue weighted by atomic mass is 10.0. The highest BCUT2D eigenvalue weighted by Gasteiger charge is 2.36. The summed E-state index contributed by atoms with van der Waals surface area (Å²) in [7, 11) is 0. The molecule has 5 amide bonds. The molecule has 14 N–H and O–H groups in total. The summed E-state index contributed by atoms with van der Waals surface area (Å²) in [5.41, 5.74) is 15.1. The number of nitrogens with one attached hydrogen (secondary N) is 7. The van der Waals surface area contributed by atoms with Crippen molar-refractivity contribution >= 4 is 78.5 Å². The molecule has 0 saturated carbocycles. The molecule has 20 heteroatoms. The number of thiol groups is 2. The Morgan fingerprint density at radius 1 is 0.809 bits per heavy atom. The first-order chi connectivity index (χ1) is 22.0. The molecule has 0 fully saturated rings. The van der Waals surface area contributed by atoms with Gasteiger partial charge in [-0.25, -0.2) is 4.79 Å². The number of thioether (sulfide) groups is 1. The summed E-state index contributed by atoms with van der Waals surface area (Å²) in [6.07, 6.45) is 3.64. The minimum atomic E-state index is -1.60. The fourth-order valence-electron chi connectivity index (χ4n) is 3.95. The molecule has 0 aromatic carbocycles. The highest BCUT2D eigenvalue weighted by molar-refractivity contribution is 7.98. The summed E-state index contributed by atoms with van der Waals surface area (Å²) in [6, 6.07) is -5.56. The first-order valence-corrected chi connectivity index (χ1v) is 17.7. The van der Waals surface area contributed by atoms with Crippen molar-refractivity contribution < 1.29 is 33.9 Å². The van der Waals surface area contributed by atoms with Crippen LogP contribution in [0.5, 0.6) is 0 Å². The summed E-state index contributed by atoms with van der Waals surface area (Å²) in [6.45, 7) is 3.39. The van der Waals surface area contributed by atoms with Crippen LogP contribution in [0.3, 0.4) is 0 Å².